The number of aliphatic hydroxyl groups excluding tert-OH is 1. The topological polar surface area (TPSA) is 78.9 Å². The summed E-state index contributed by atoms with van der Waals surface area (Å²) >= 11 is 0. The molecule has 6 nitrogen and oxygen atoms in total. The Morgan fingerprint density at radius 2 is 1.96 bits per heavy atom. The first-order valence-electron chi connectivity index (χ1n) is 9.51. The minimum atomic E-state index is -0.877. The number of aryl methyl sites for hydroxylation is 1. The van der Waals surface area contributed by atoms with Crippen LogP contribution in [0.4, 0.5) is 5.69 Å². The van der Waals surface area contributed by atoms with E-state index in [0.29, 0.717) is 17.9 Å². The van der Waals surface area contributed by atoms with E-state index in [1.54, 1.807) is 0 Å². The van der Waals surface area contributed by atoms with Crippen molar-refractivity contribution in [1.82, 2.24) is 4.90 Å². The third kappa shape index (κ3) is 2.94. The van der Waals surface area contributed by atoms with Gasteiger partial charge in [0.15, 0.2) is 5.72 Å². The minimum Gasteiger partial charge on any atom is -0.468 e. The van der Waals surface area contributed by atoms with E-state index in [0.717, 1.165) is 11.1 Å². The lowest BCUT2D eigenvalue weighted by Crippen LogP contribution is -2.64. The Morgan fingerprint density at radius 1 is 1.25 bits per heavy atom. The zero-order valence-corrected chi connectivity index (χ0v) is 16.0. The number of nitrogens with one attached hydrogen (secondary N) is 1. The Labute approximate surface area is 164 Å². The summed E-state index contributed by atoms with van der Waals surface area (Å²) in [5.41, 5.74) is 1.63. The summed E-state index contributed by atoms with van der Waals surface area (Å²) in [7, 11) is 0. The average molecular weight is 380 g/mol. The van der Waals surface area contributed by atoms with Crippen molar-refractivity contribution in [2.24, 2.45) is 5.92 Å². The molecule has 2 aliphatic heterocycles. The number of nitrogens with zero attached hydrogens (tertiary/aromatic N) is 1. The summed E-state index contributed by atoms with van der Waals surface area (Å²) in [6.07, 6.45) is 0.502. The van der Waals surface area contributed by atoms with Gasteiger partial charge in [0.25, 0.3) is 0 Å². The van der Waals surface area contributed by atoms with E-state index in [4.69, 9.17) is 4.74 Å². The quantitative estimate of drug-likeness (QED) is 0.800. The SMILES string of the molecule is Cc1ccccc1NC(=O)C1C(=O)N(CCO)[C@@]2(C)C[C@@H]1c1ccccc1O2. The number of benzene rings is 2. The maximum absolute atomic E-state index is 13.3. The number of amides is 2. The van der Waals surface area contributed by atoms with Crippen LogP contribution in [0.2, 0.25) is 0 Å². The van der Waals surface area contributed by atoms with Crippen LogP contribution in [0.15, 0.2) is 48.5 Å². The molecule has 0 saturated carbocycles. The van der Waals surface area contributed by atoms with Gasteiger partial charge in [0.2, 0.25) is 11.8 Å². The summed E-state index contributed by atoms with van der Waals surface area (Å²) in [5, 5.41) is 12.4. The number of β-amino-alcohol motifs (C(OH)–C–C–N with tert-alkyl or cyclic N) is 1. The third-order valence-electron chi connectivity index (χ3n) is 5.76. The number of rotatable bonds is 4. The van der Waals surface area contributed by atoms with Crippen molar-refractivity contribution in [2.75, 3.05) is 18.5 Å². The molecule has 0 aromatic heterocycles. The van der Waals surface area contributed by atoms with Gasteiger partial charge in [-0.1, -0.05) is 36.4 Å². The van der Waals surface area contributed by atoms with Crippen LogP contribution in [-0.4, -0.2) is 40.7 Å². The number of carbonyl (C=O) groups excluding carboxylic acids is 2. The van der Waals surface area contributed by atoms with Crippen LogP contribution >= 0.6 is 0 Å². The molecule has 2 aromatic carbocycles. The van der Waals surface area contributed by atoms with Gasteiger partial charge < -0.3 is 20.1 Å². The van der Waals surface area contributed by atoms with Gasteiger partial charge in [-0.25, -0.2) is 0 Å². The van der Waals surface area contributed by atoms with E-state index >= 15 is 0 Å². The number of hydrogen-bond acceptors (Lipinski definition) is 4. The van der Waals surface area contributed by atoms with E-state index in [-0.39, 0.29) is 30.9 Å². The highest BCUT2D eigenvalue weighted by molar-refractivity contribution is 6.08. The normalized spacial score (nSPS) is 25.7. The van der Waals surface area contributed by atoms with Crippen LogP contribution in [0, 0.1) is 12.8 Å². The first kappa shape index (κ1) is 18.5. The van der Waals surface area contributed by atoms with Crippen molar-refractivity contribution in [2.45, 2.75) is 31.9 Å². The summed E-state index contributed by atoms with van der Waals surface area (Å²) in [5.74, 6) is -1.10. The van der Waals surface area contributed by atoms with Crippen molar-refractivity contribution >= 4 is 17.5 Å². The monoisotopic (exact) mass is 380 g/mol. The molecule has 1 saturated heterocycles. The van der Waals surface area contributed by atoms with Gasteiger partial charge in [-0.2, -0.15) is 0 Å². The number of para-hydroxylation sites is 2. The molecule has 1 fully saturated rings. The molecule has 0 radical (unpaired) electrons. The Bertz CT molecular complexity index is 928. The zero-order valence-electron chi connectivity index (χ0n) is 16.0. The predicted octanol–water partition coefficient (Wildman–Crippen LogP) is 2.67. The summed E-state index contributed by atoms with van der Waals surface area (Å²) in [6, 6.07) is 15.1. The Hall–Kier alpha value is -2.86. The number of anilines is 1. The molecule has 2 N–H and O–H groups in total. The summed E-state index contributed by atoms with van der Waals surface area (Å²) in [4.78, 5) is 28.1. The first-order chi connectivity index (χ1) is 13.4. The number of carbonyl (C=O) groups is 2. The molecule has 2 bridgehead atoms. The maximum Gasteiger partial charge on any atom is 0.238 e. The highest BCUT2D eigenvalue weighted by atomic mass is 16.5. The van der Waals surface area contributed by atoms with Gasteiger partial charge >= 0.3 is 0 Å². The summed E-state index contributed by atoms with van der Waals surface area (Å²) < 4.78 is 6.15. The van der Waals surface area contributed by atoms with Crippen LogP contribution in [0.25, 0.3) is 0 Å². The van der Waals surface area contributed by atoms with Gasteiger partial charge in [0, 0.05) is 24.6 Å². The van der Waals surface area contributed by atoms with Gasteiger partial charge in [0.05, 0.1) is 6.61 Å². The lowest BCUT2D eigenvalue weighted by Gasteiger charge is -2.52. The molecule has 1 unspecified atom stereocenters. The fourth-order valence-corrected chi connectivity index (χ4v) is 4.38. The Balaban J connectivity index is 1.74. The smallest absolute Gasteiger partial charge is 0.238 e. The molecule has 3 atom stereocenters. The molecule has 2 aromatic rings. The number of likely N-dealkylation sites (tertiary alicyclic amines) is 1. The van der Waals surface area contributed by atoms with Crippen LogP contribution in [-0.2, 0) is 9.59 Å². The lowest BCUT2D eigenvalue weighted by atomic mass is 9.73. The fourth-order valence-electron chi connectivity index (χ4n) is 4.38. The molecule has 0 aliphatic carbocycles. The molecular weight excluding hydrogens is 356 g/mol. The molecule has 6 heteroatoms. The summed E-state index contributed by atoms with van der Waals surface area (Å²) in [6.45, 7) is 3.69. The highest BCUT2D eigenvalue weighted by Gasteiger charge is 2.55. The van der Waals surface area contributed by atoms with Crippen LogP contribution in [0.3, 0.4) is 0 Å². The van der Waals surface area contributed by atoms with E-state index in [1.807, 2.05) is 62.4 Å². The average Bonchev–Trinajstić information content (AvgIpc) is 2.67. The van der Waals surface area contributed by atoms with Crippen molar-refractivity contribution in [3.8, 4) is 5.75 Å². The van der Waals surface area contributed by atoms with Crippen LogP contribution in [0.1, 0.15) is 30.4 Å². The van der Waals surface area contributed by atoms with Crippen molar-refractivity contribution in [1.29, 1.82) is 0 Å². The second kappa shape index (κ2) is 6.95. The molecule has 4 rings (SSSR count). The van der Waals surface area contributed by atoms with E-state index in [9.17, 15) is 14.7 Å². The standard InChI is InChI=1S/C22H24N2O4/c1-14-7-3-5-9-17(14)23-20(26)19-16-13-22(2,24(11-12-25)21(19)27)28-18-10-6-4-8-15(16)18/h3-10,16,19,25H,11-13H2,1-2H3,(H,23,26)/t16-,19?,22-/m1/s1. The van der Waals surface area contributed by atoms with E-state index in [1.165, 1.54) is 4.90 Å². The number of piperidine rings is 1. The first-order valence-corrected chi connectivity index (χ1v) is 9.51. The van der Waals surface area contributed by atoms with Gasteiger partial charge in [-0.15, -0.1) is 0 Å². The Kier molecular flexibility index (Phi) is 4.59. The molecule has 146 valence electrons. The van der Waals surface area contributed by atoms with Crippen LogP contribution < -0.4 is 10.1 Å². The largest absolute Gasteiger partial charge is 0.468 e. The fraction of sp³-hybridized carbons (Fsp3) is 0.364. The molecule has 28 heavy (non-hydrogen) atoms. The second-order valence-electron chi connectivity index (χ2n) is 7.62. The lowest BCUT2D eigenvalue weighted by molar-refractivity contribution is -0.176. The molecule has 0 spiro atoms. The van der Waals surface area contributed by atoms with Gasteiger partial charge in [-0.05, 0) is 37.1 Å². The molecular formula is C22H24N2O4. The third-order valence-corrected chi connectivity index (χ3v) is 5.76. The predicted molar refractivity (Wildman–Crippen MR) is 105 cm³/mol. The molecule has 2 heterocycles. The zero-order chi connectivity index (χ0) is 19.9. The number of aliphatic hydroxyl groups is 1. The maximum atomic E-state index is 13.3. The molecule has 2 amide bonds. The van der Waals surface area contributed by atoms with E-state index in [2.05, 4.69) is 5.32 Å². The van der Waals surface area contributed by atoms with Crippen molar-refractivity contribution in [3.63, 3.8) is 0 Å². The Morgan fingerprint density at radius 3 is 2.71 bits per heavy atom. The van der Waals surface area contributed by atoms with Crippen molar-refractivity contribution in [3.05, 3.63) is 59.7 Å². The van der Waals surface area contributed by atoms with Crippen molar-refractivity contribution < 1.29 is 19.4 Å². The highest BCUT2D eigenvalue weighted by Crippen LogP contribution is 2.50. The number of fused-ring (bicyclic) bond motifs is 4. The molecule has 2 aliphatic rings. The van der Waals surface area contributed by atoms with Gasteiger partial charge in [-0.3, -0.25) is 9.59 Å². The van der Waals surface area contributed by atoms with Gasteiger partial charge in [0.1, 0.15) is 11.7 Å². The van der Waals surface area contributed by atoms with E-state index < -0.39 is 11.6 Å². The minimum absolute atomic E-state index is 0.123. The number of ether oxygens (including phenoxy) is 1. The second-order valence-corrected chi connectivity index (χ2v) is 7.62. The number of hydrogen-bond donors (Lipinski definition) is 2. The van der Waals surface area contributed by atoms with Crippen LogP contribution in [0.5, 0.6) is 5.75 Å².